The van der Waals surface area contributed by atoms with Crippen LogP contribution in [0.2, 0.25) is 5.02 Å². The van der Waals surface area contributed by atoms with Gasteiger partial charge in [0.1, 0.15) is 19.1 Å². The highest BCUT2D eigenvalue weighted by Crippen LogP contribution is 2.28. The van der Waals surface area contributed by atoms with E-state index >= 15 is 0 Å². The van der Waals surface area contributed by atoms with Crippen LogP contribution in [0.5, 0.6) is 0 Å². The number of aliphatic hydroxyl groups is 1. The van der Waals surface area contributed by atoms with Crippen LogP contribution in [-0.4, -0.2) is 57.0 Å². The molecule has 34 heavy (non-hydrogen) atoms. The molecule has 0 radical (unpaired) electrons. The third-order valence-corrected chi connectivity index (χ3v) is 5.70. The first-order chi connectivity index (χ1) is 16.1. The molecule has 11 heteroatoms. The molecule has 3 aromatic rings. The van der Waals surface area contributed by atoms with Crippen LogP contribution in [0.1, 0.15) is 29.4 Å². The Kier molecular flexibility index (Phi) is 7.85. The summed E-state index contributed by atoms with van der Waals surface area (Å²) in [6.07, 6.45) is 1.49. The van der Waals surface area contributed by atoms with Crippen LogP contribution in [0.3, 0.4) is 0 Å². The van der Waals surface area contributed by atoms with E-state index in [-0.39, 0.29) is 18.5 Å². The Labute approximate surface area is 200 Å². The van der Waals surface area contributed by atoms with Crippen LogP contribution < -0.4 is 10.2 Å². The fourth-order valence-electron chi connectivity index (χ4n) is 3.46. The monoisotopic (exact) mass is 490 g/mol. The highest BCUT2D eigenvalue weighted by atomic mass is 35.5. The molecule has 3 N–H and O–H groups in total. The van der Waals surface area contributed by atoms with Crippen molar-refractivity contribution in [3.8, 4) is 11.1 Å². The lowest BCUT2D eigenvalue weighted by molar-refractivity contribution is -0.151. The first-order valence-corrected chi connectivity index (χ1v) is 10.7. The van der Waals surface area contributed by atoms with E-state index in [1.807, 2.05) is 0 Å². The average Bonchev–Trinajstić information content (AvgIpc) is 3.30. The number of nitrogens with zero attached hydrogens (tertiary/aromatic N) is 3. The summed E-state index contributed by atoms with van der Waals surface area (Å²) in [7, 11) is 1.36. The van der Waals surface area contributed by atoms with Gasteiger partial charge in [-0.1, -0.05) is 40.7 Å². The molecule has 3 rings (SSSR count). The fraction of sp³-hybridized carbons (Fsp3) is 0.304. The summed E-state index contributed by atoms with van der Waals surface area (Å²) in [4.78, 5) is 30.3. The van der Waals surface area contributed by atoms with Crippen molar-refractivity contribution >= 4 is 23.5 Å². The van der Waals surface area contributed by atoms with Crippen LogP contribution in [0.4, 0.5) is 4.39 Å². The minimum absolute atomic E-state index is 0.0142. The number of hydrogen-bond acceptors (Lipinski definition) is 6. The predicted molar refractivity (Wildman–Crippen MR) is 122 cm³/mol. The third-order valence-electron chi connectivity index (χ3n) is 5.47. The molecule has 180 valence electrons. The van der Waals surface area contributed by atoms with Gasteiger partial charge < -0.3 is 20.4 Å². The van der Waals surface area contributed by atoms with Gasteiger partial charge in [0.05, 0.1) is 12.0 Å². The van der Waals surface area contributed by atoms with Gasteiger partial charge in [0.15, 0.2) is 5.69 Å². The molecule has 1 amide bonds. The first kappa shape index (κ1) is 25.1. The van der Waals surface area contributed by atoms with Crippen LogP contribution in [-0.2, 0) is 11.2 Å². The van der Waals surface area contributed by atoms with E-state index in [2.05, 4.69) is 15.6 Å². The van der Waals surface area contributed by atoms with Gasteiger partial charge in [-0.05, 0) is 54.3 Å². The number of carboxylic acids is 1. The van der Waals surface area contributed by atoms with Crippen LogP contribution in [0.15, 0.2) is 48.7 Å². The predicted octanol–water partition coefficient (Wildman–Crippen LogP) is 2.61. The summed E-state index contributed by atoms with van der Waals surface area (Å²) >= 11 is 5.98. The molecule has 0 aliphatic heterocycles. The number of aromatic nitrogens is 3. The Bertz CT molecular complexity index is 1170. The SMILES string of the molecule is COn1cc(C(=O)N[C@H](Cc2ccc(-c3cc(Cl)ccc3F)cc2)CC(C)(CO)C(=O)O)nn1. The summed E-state index contributed by atoms with van der Waals surface area (Å²) < 4.78 is 14.2. The van der Waals surface area contributed by atoms with E-state index in [0.717, 1.165) is 10.4 Å². The Morgan fingerprint density at radius 1 is 1.26 bits per heavy atom. The second-order valence-electron chi connectivity index (χ2n) is 8.11. The minimum atomic E-state index is -1.48. The summed E-state index contributed by atoms with van der Waals surface area (Å²) in [5.74, 6) is -2.17. The zero-order valence-corrected chi connectivity index (χ0v) is 19.3. The number of amides is 1. The number of hydrogen-bond donors (Lipinski definition) is 3. The second-order valence-corrected chi connectivity index (χ2v) is 8.55. The van der Waals surface area contributed by atoms with E-state index in [4.69, 9.17) is 16.4 Å². The molecule has 0 spiro atoms. The Balaban J connectivity index is 1.83. The number of carboxylic acid groups (broad SMARTS) is 1. The number of carbonyl (C=O) groups is 2. The van der Waals surface area contributed by atoms with E-state index in [1.54, 1.807) is 24.3 Å². The molecule has 2 atom stereocenters. The summed E-state index contributed by atoms with van der Waals surface area (Å²) in [6.45, 7) is 0.794. The highest BCUT2D eigenvalue weighted by Gasteiger charge is 2.36. The maximum absolute atomic E-state index is 14.2. The fourth-order valence-corrected chi connectivity index (χ4v) is 3.63. The number of nitrogens with one attached hydrogen (secondary N) is 1. The van der Waals surface area contributed by atoms with Gasteiger partial charge in [-0.15, -0.1) is 5.10 Å². The largest absolute Gasteiger partial charge is 0.481 e. The quantitative estimate of drug-likeness (QED) is 0.398. The molecular formula is C23H24ClFN4O5. The lowest BCUT2D eigenvalue weighted by atomic mass is 9.82. The Morgan fingerprint density at radius 3 is 2.56 bits per heavy atom. The lowest BCUT2D eigenvalue weighted by Gasteiger charge is -2.28. The van der Waals surface area contributed by atoms with E-state index in [1.165, 1.54) is 38.4 Å². The molecule has 1 aromatic heterocycles. The Hall–Kier alpha value is -3.50. The summed E-state index contributed by atoms with van der Waals surface area (Å²) in [5, 5.41) is 29.8. The zero-order chi connectivity index (χ0) is 24.9. The number of aliphatic carboxylic acids is 1. The van der Waals surface area contributed by atoms with Gasteiger partial charge in [0.25, 0.3) is 5.91 Å². The minimum Gasteiger partial charge on any atom is -0.481 e. The van der Waals surface area contributed by atoms with Gasteiger partial charge >= 0.3 is 5.97 Å². The normalized spacial score (nSPS) is 13.7. The summed E-state index contributed by atoms with van der Waals surface area (Å²) in [6, 6.07) is 10.6. The average molecular weight is 491 g/mol. The lowest BCUT2D eigenvalue weighted by Crippen LogP contribution is -2.44. The van der Waals surface area contributed by atoms with Gasteiger partial charge in [-0.3, -0.25) is 9.59 Å². The summed E-state index contributed by atoms with van der Waals surface area (Å²) in [5.41, 5.74) is 0.240. The molecule has 9 nitrogen and oxygen atoms in total. The third kappa shape index (κ3) is 5.89. The Morgan fingerprint density at radius 2 is 1.97 bits per heavy atom. The molecule has 1 heterocycles. The maximum atomic E-state index is 14.2. The smallest absolute Gasteiger partial charge is 0.311 e. The standard InChI is InChI=1S/C23H24ClFN4O5/c1-23(13-30,22(32)33)11-17(26-21(31)20-12-29(34-2)28-27-20)9-14-3-5-15(6-4-14)18-10-16(24)7-8-19(18)25/h3-8,10,12,17,30H,9,11,13H2,1-2H3,(H,26,31)(H,32,33)/t17-,23?/m1/s1. The van der Waals surface area contributed by atoms with E-state index < -0.39 is 35.8 Å². The molecule has 0 saturated carbocycles. The van der Waals surface area contributed by atoms with Crippen molar-refractivity contribution in [2.75, 3.05) is 13.7 Å². The molecule has 2 aromatic carbocycles. The van der Waals surface area contributed by atoms with Crippen LogP contribution in [0, 0.1) is 11.2 Å². The second kappa shape index (κ2) is 10.6. The van der Waals surface area contributed by atoms with Gasteiger partial charge in [0.2, 0.25) is 0 Å². The van der Waals surface area contributed by atoms with Crippen molar-refractivity contribution in [1.29, 1.82) is 0 Å². The molecule has 0 saturated heterocycles. The molecule has 0 bridgehead atoms. The number of carbonyl (C=O) groups excluding carboxylic acids is 1. The molecular weight excluding hydrogens is 467 g/mol. The van der Waals surface area contributed by atoms with E-state index in [9.17, 15) is 24.2 Å². The first-order valence-electron chi connectivity index (χ1n) is 10.3. The maximum Gasteiger partial charge on any atom is 0.311 e. The van der Waals surface area contributed by atoms with Crippen molar-refractivity contribution in [2.24, 2.45) is 5.41 Å². The number of benzene rings is 2. The zero-order valence-electron chi connectivity index (χ0n) is 18.5. The van der Waals surface area contributed by atoms with Crippen molar-refractivity contribution in [3.05, 3.63) is 70.8 Å². The molecule has 0 aliphatic rings. The van der Waals surface area contributed by atoms with Crippen LogP contribution in [0.25, 0.3) is 11.1 Å². The molecule has 0 fully saturated rings. The van der Waals surface area contributed by atoms with Gasteiger partial charge in [-0.2, -0.15) is 0 Å². The van der Waals surface area contributed by atoms with Crippen molar-refractivity contribution < 1.29 is 29.0 Å². The molecule has 0 aliphatic carbocycles. The number of rotatable bonds is 10. The van der Waals surface area contributed by atoms with Crippen molar-refractivity contribution in [1.82, 2.24) is 20.5 Å². The number of aliphatic hydroxyl groups excluding tert-OH is 1. The van der Waals surface area contributed by atoms with Crippen molar-refractivity contribution in [3.63, 3.8) is 0 Å². The topological polar surface area (TPSA) is 127 Å². The number of halogens is 2. The van der Waals surface area contributed by atoms with Gasteiger partial charge in [0, 0.05) is 16.6 Å². The van der Waals surface area contributed by atoms with Gasteiger partial charge in [-0.25, -0.2) is 4.39 Å². The molecule has 1 unspecified atom stereocenters. The van der Waals surface area contributed by atoms with Crippen LogP contribution >= 0.6 is 11.6 Å². The van der Waals surface area contributed by atoms with E-state index in [0.29, 0.717) is 16.1 Å². The van der Waals surface area contributed by atoms with Crippen molar-refractivity contribution in [2.45, 2.75) is 25.8 Å². The highest BCUT2D eigenvalue weighted by molar-refractivity contribution is 6.30.